The summed E-state index contributed by atoms with van der Waals surface area (Å²) in [4.78, 5) is 12.6. The normalized spacial score (nSPS) is 15.6. The van der Waals surface area contributed by atoms with E-state index in [1.54, 1.807) is 0 Å². The van der Waals surface area contributed by atoms with Gasteiger partial charge in [-0.05, 0) is 36.6 Å². The van der Waals surface area contributed by atoms with E-state index in [1.165, 1.54) is 22.5 Å². The van der Waals surface area contributed by atoms with E-state index in [0.29, 0.717) is 19.6 Å². The fourth-order valence-electron chi connectivity index (χ4n) is 2.97. The van der Waals surface area contributed by atoms with Gasteiger partial charge in [0.05, 0.1) is 15.5 Å². The summed E-state index contributed by atoms with van der Waals surface area (Å²) in [6.07, 6.45) is 2.76. The van der Waals surface area contributed by atoms with Gasteiger partial charge in [0.25, 0.3) is 5.91 Å². The van der Waals surface area contributed by atoms with Crippen molar-refractivity contribution < 1.29 is 13.2 Å². The monoisotopic (exact) mass is 392 g/mol. The van der Waals surface area contributed by atoms with Crippen molar-refractivity contribution in [2.24, 2.45) is 0 Å². The predicted molar refractivity (Wildman–Crippen MR) is 102 cm³/mol. The van der Waals surface area contributed by atoms with E-state index >= 15 is 0 Å². The summed E-state index contributed by atoms with van der Waals surface area (Å²) in [6, 6.07) is 13.8. The lowest BCUT2D eigenvalue weighted by Crippen LogP contribution is -2.35. The Labute approximate surface area is 159 Å². The van der Waals surface area contributed by atoms with Gasteiger partial charge in [-0.15, -0.1) is 0 Å². The van der Waals surface area contributed by atoms with Gasteiger partial charge in [-0.3, -0.25) is 4.79 Å². The molecule has 0 aromatic heterocycles. The summed E-state index contributed by atoms with van der Waals surface area (Å²) in [6.45, 7) is 1.38. The third-order valence-corrected chi connectivity index (χ3v) is 6.66. The van der Waals surface area contributed by atoms with Crippen LogP contribution in [0.25, 0.3) is 0 Å². The van der Waals surface area contributed by atoms with Crippen LogP contribution in [-0.2, 0) is 16.6 Å². The zero-order valence-corrected chi connectivity index (χ0v) is 15.9. The Morgan fingerprint density at radius 1 is 1.04 bits per heavy atom. The van der Waals surface area contributed by atoms with Crippen molar-refractivity contribution in [1.29, 1.82) is 0 Å². The van der Waals surface area contributed by atoms with Crippen LogP contribution in [0.3, 0.4) is 0 Å². The largest absolute Gasteiger partial charge is 0.348 e. The topological polar surface area (TPSA) is 66.5 Å². The molecule has 7 heteroatoms. The zero-order chi connectivity index (χ0) is 18.6. The molecule has 0 aliphatic carbocycles. The molecule has 1 saturated heterocycles. The van der Waals surface area contributed by atoms with Crippen LogP contribution in [0.4, 0.5) is 0 Å². The molecule has 0 bridgehead atoms. The second-order valence-electron chi connectivity index (χ2n) is 6.27. The first-order chi connectivity index (χ1) is 12.5. The molecule has 5 nitrogen and oxygen atoms in total. The first-order valence-corrected chi connectivity index (χ1v) is 10.4. The van der Waals surface area contributed by atoms with E-state index in [2.05, 4.69) is 5.32 Å². The highest BCUT2D eigenvalue weighted by Crippen LogP contribution is 2.25. The van der Waals surface area contributed by atoms with Crippen molar-refractivity contribution in [3.63, 3.8) is 0 Å². The molecule has 0 saturated carbocycles. The summed E-state index contributed by atoms with van der Waals surface area (Å²) in [5.41, 5.74) is 1.12. The van der Waals surface area contributed by atoms with Crippen molar-refractivity contribution in [3.05, 3.63) is 64.7 Å². The minimum Gasteiger partial charge on any atom is -0.348 e. The van der Waals surface area contributed by atoms with Crippen molar-refractivity contribution in [2.75, 3.05) is 13.1 Å². The predicted octanol–water partition coefficient (Wildman–Crippen LogP) is 3.44. The maximum Gasteiger partial charge on any atom is 0.253 e. The number of nitrogens with zero attached hydrogens (tertiary/aromatic N) is 1. The molecule has 0 radical (unpaired) electrons. The third-order valence-electron chi connectivity index (χ3n) is 4.43. The molecule has 1 aliphatic heterocycles. The third kappa shape index (κ3) is 4.26. The summed E-state index contributed by atoms with van der Waals surface area (Å²) in [7, 11) is -3.61. The zero-order valence-electron chi connectivity index (χ0n) is 14.3. The van der Waals surface area contributed by atoms with Crippen molar-refractivity contribution in [2.45, 2.75) is 30.7 Å². The molecule has 0 atom stereocenters. The summed E-state index contributed by atoms with van der Waals surface area (Å²) >= 11 is 6.14. The Morgan fingerprint density at radius 2 is 1.73 bits per heavy atom. The molecule has 2 aromatic carbocycles. The lowest BCUT2D eigenvalue weighted by Gasteiger charge is -2.26. The number of carbonyl (C=O) groups excluding carboxylic acids is 1. The number of halogens is 1. The highest BCUT2D eigenvalue weighted by atomic mass is 35.5. The fraction of sp³-hybridized carbons (Fsp3) is 0.316. The number of piperidine rings is 1. The van der Waals surface area contributed by atoms with Crippen LogP contribution in [0.1, 0.15) is 35.2 Å². The molecule has 0 spiro atoms. The minimum atomic E-state index is -3.61. The average molecular weight is 393 g/mol. The van der Waals surface area contributed by atoms with Gasteiger partial charge in [0.2, 0.25) is 10.0 Å². The molecule has 1 aliphatic rings. The first kappa shape index (κ1) is 18.9. The lowest BCUT2D eigenvalue weighted by molar-refractivity contribution is 0.0951. The molecule has 2 aromatic rings. The number of hydrogen-bond acceptors (Lipinski definition) is 3. The highest BCUT2D eigenvalue weighted by Gasteiger charge is 2.27. The average Bonchev–Trinajstić information content (AvgIpc) is 2.68. The van der Waals surface area contributed by atoms with Gasteiger partial charge >= 0.3 is 0 Å². The van der Waals surface area contributed by atoms with Crippen molar-refractivity contribution >= 4 is 27.5 Å². The van der Waals surface area contributed by atoms with Gasteiger partial charge in [-0.2, -0.15) is 4.31 Å². The Morgan fingerprint density at radius 3 is 2.42 bits per heavy atom. The van der Waals surface area contributed by atoms with Crippen LogP contribution in [-0.4, -0.2) is 31.7 Å². The Balaban J connectivity index is 1.79. The quantitative estimate of drug-likeness (QED) is 0.847. The van der Waals surface area contributed by atoms with E-state index in [-0.39, 0.29) is 15.5 Å². The second kappa shape index (κ2) is 8.20. The summed E-state index contributed by atoms with van der Waals surface area (Å²) in [5, 5.41) is 3.01. The van der Waals surface area contributed by atoms with Crippen LogP contribution >= 0.6 is 11.6 Å². The van der Waals surface area contributed by atoms with E-state index in [0.717, 1.165) is 24.8 Å². The highest BCUT2D eigenvalue weighted by molar-refractivity contribution is 7.89. The van der Waals surface area contributed by atoms with Gasteiger partial charge in [0, 0.05) is 19.6 Å². The standard InChI is InChI=1S/C19H21ClN2O3S/c20-18-10-9-16(26(24,25)22-11-5-2-6-12-22)13-17(18)19(23)21-14-15-7-3-1-4-8-15/h1,3-4,7-10,13H,2,5-6,11-12,14H2,(H,21,23). The van der Waals surface area contributed by atoms with E-state index < -0.39 is 15.9 Å². The molecule has 1 N–H and O–H groups in total. The van der Waals surface area contributed by atoms with Gasteiger partial charge < -0.3 is 5.32 Å². The SMILES string of the molecule is O=C(NCc1ccccc1)c1cc(S(=O)(=O)N2CCCCC2)ccc1Cl. The lowest BCUT2D eigenvalue weighted by atomic mass is 10.2. The maximum absolute atomic E-state index is 12.8. The molecule has 1 amide bonds. The number of rotatable bonds is 5. The van der Waals surface area contributed by atoms with Gasteiger partial charge in [-0.1, -0.05) is 48.4 Å². The van der Waals surface area contributed by atoms with E-state index in [9.17, 15) is 13.2 Å². The number of sulfonamides is 1. The molecule has 3 rings (SSSR count). The van der Waals surface area contributed by atoms with Gasteiger partial charge in [0.15, 0.2) is 0 Å². The molecular formula is C19H21ClN2O3S. The van der Waals surface area contributed by atoms with Crippen LogP contribution in [0.2, 0.25) is 5.02 Å². The second-order valence-corrected chi connectivity index (χ2v) is 8.62. The molecular weight excluding hydrogens is 372 g/mol. The first-order valence-electron chi connectivity index (χ1n) is 8.60. The minimum absolute atomic E-state index is 0.105. The molecule has 1 fully saturated rings. The van der Waals surface area contributed by atoms with Crippen molar-refractivity contribution in [1.82, 2.24) is 9.62 Å². The molecule has 138 valence electrons. The number of carbonyl (C=O) groups is 1. The number of amides is 1. The van der Waals surface area contributed by atoms with E-state index in [1.807, 2.05) is 30.3 Å². The van der Waals surface area contributed by atoms with Crippen LogP contribution in [0.15, 0.2) is 53.4 Å². The van der Waals surface area contributed by atoms with Crippen LogP contribution in [0.5, 0.6) is 0 Å². The molecule has 1 heterocycles. The Bertz CT molecular complexity index is 879. The smallest absolute Gasteiger partial charge is 0.253 e. The summed E-state index contributed by atoms with van der Waals surface area (Å²) in [5.74, 6) is -0.394. The van der Waals surface area contributed by atoms with Crippen molar-refractivity contribution in [3.8, 4) is 0 Å². The number of nitrogens with one attached hydrogen (secondary N) is 1. The Kier molecular flexibility index (Phi) is 5.96. The van der Waals surface area contributed by atoms with Gasteiger partial charge in [-0.25, -0.2) is 8.42 Å². The number of hydrogen-bond donors (Lipinski definition) is 1. The van der Waals surface area contributed by atoms with Crippen LogP contribution < -0.4 is 5.32 Å². The maximum atomic E-state index is 12.8. The van der Waals surface area contributed by atoms with E-state index in [4.69, 9.17) is 11.6 Å². The molecule has 0 unspecified atom stereocenters. The summed E-state index contributed by atoms with van der Waals surface area (Å²) < 4.78 is 27.1. The molecule has 26 heavy (non-hydrogen) atoms. The van der Waals surface area contributed by atoms with Gasteiger partial charge in [0.1, 0.15) is 0 Å². The Hall–Kier alpha value is -1.89. The number of benzene rings is 2. The van der Waals surface area contributed by atoms with Crippen LogP contribution in [0, 0.1) is 0 Å². The fourth-order valence-corrected chi connectivity index (χ4v) is 4.71.